The number of benzene rings is 1. The zero-order chi connectivity index (χ0) is 15.4. The van der Waals surface area contributed by atoms with Gasteiger partial charge in [-0.3, -0.25) is 5.43 Å². The molecule has 0 fully saturated rings. The van der Waals surface area contributed by atoms with Crippen LogP contribution in [0.4, 0.5) is 5.82 Å². The number of hydrogen-bond acceptors (Lipinski definition) is 6. The van der Waals surface area contributed by atoms with Crippen LogP contribution in [0.1, 0.15) is 18.9 Å². The molecule has 6 nitrogen and oxygen atoms in total. The summed E-state index contributed by atoms with van der Waals surface area (Å²) >= 11 is 5.68. The number of rotatable bonds is 5. The highest BCUT2D eigenvalue weighted by atomic mass is 35.5. The number of aromatic nitrogens is 2. The Morgan fingerprint density at radius 3 is 2.91 bits per heavy atom. The van der Waals surface area contributed by atoms with Crippen LogP contribution < -0.4 is 14.9 Å². The summed E-state index contributed by atoms with van der Waals surface area (Å²) in [4.78, 5) is 0. The lowest BCUT2D eigenvalue weighted by molar-refractivity contribution is 0.174. The molecule has 2 aromatic rings. The van der Waals surface area contributed by atoms with E-state index in [0.29, 0.717) is 17.8 Å². The molecule has 3 rings (SSSR count). The molecule has 1 aromatic heterocycles. The summed E-state index contributed by atoms with van der Waals surface area (Å²) in [6.45, 7) is 2.26. The molecule has 0 radical (unpaired) electrons. The van der Waals surface area contributed by atoms with Crippen molar-refractivity contribution >= 4 is 23.1 Å². The Labute approximate surface area is 133 Å². The highest BCUT2D eigenvalue weighted by Crippen LogP contribution is 2.32. The fraction of sp³-hybridized carbons (Fsp3) is 0.267. The van der Waals surface area contributed by atoms with E-state index in [1.807, 2.05) is 25.1 Å². The van der Waals surface area contributed by atoms with E-state index in [4.69, 9.17) is 21.1 Å². The topological polar surface area (TPSA) is 68.6 Å². The van der Waals surface area contributed by atoms with Crippen molar-refractivity contribution in [3.8, 4) is 11.5 Å². The molecule has 0 aliphatic carbocycles. The lowest BCUT2D eigenvalue weighted by Crippen LogP contribution is -2.01. The largest absolute Gasteiger partial charge is 0.454 e. The number of ether oxygens (including phenoxy) is 2. The van der Waals surface area contributed by atoms with Crippen LogP contribution in [0.5, 0.6) is 11.5 Å². The van der Waals surface area contributed by atoms with Gasteiger partial charge in [-0.05, 0) is 49.6 Å². The van der Waals surface area contributed by atoms with Gasteiger partial charge in [-0.25, -0.2) is 0 Å². The fourth-order valence-electron chi connectivity index (χ4n) is 2.01. The zero-order valence-electron chi connectivity index (χ0n) is 12.0. The van der Waals surface area contributed by atoms with Gasteiger partial charge in [0.05, 0.1) is 0 Å². The molecule has 114 valence electrons. The molecule has 0 unspecified atom stereocenters. The number of hydrazone groups is 1. The van der Waals surface area contributed by atoms with Gasteiger partial charge in [-0.2, -0.15) is 5.10 Å². The maximum Gasteiger partial charge on any atom is 0.231 e. The average Bonchev–Trinajstić information content (AvgIpc) is 3.00. The molecule has 0 saturated heterocycles. The Bertz CT molecular complexity index is 688. The minimum atomic E-state index is 0.297. The monoisotopic (exact) mass is 318 g/mol. The van der Waals surface area contributed by atoms with E-state index in [1.54, 1.807) is 12.1 Å². The van der Waals surface area contributed by atoms with E-state index in [-0.39, 0.29) is 0 Å². The van der Waals surface area contributed by atoms with Crippen LogP contribution in [0, 0.1) is 0 Å². The quantitative estimate of drug-likeness (QED) is 0.677. The van der Waals surface area contributed by atoms with Gasteiger partial charge in [-0.15, -0.1) is 10.2 Å². The second kappa shape index (κ2) is 6.62. The third kappa shape index (κ3) is 3.65. The molecular formula is C15H15ClN4O2. The first-order valence-corrected chi connectivity index (χ1v) is 7.25. The summed E-state index contributed by atoms with van der Waals surface area (Å²) in [6.07, 6.45) is 1.70. The van der Waals surface area contributed by atoms with E-state index in [9.17, 15) is 0 Å². The van der Waals surface area contributed by atoms with Crippen molar-refractivity contribution in [3.63, 3.8) is 0 Å². The van der Waals surface area contributed by atoms with E-state index in [0.717, 1.165) is 30.1 Å². The smallest absolute Gasteiger partial charge is 0.231 e. The Morgan fingerprint density at radius 1 is 1.23 bits per heavy atom. The van der Waals surface area contributed by atoms with Gasteiger partial charge in [0.15, 0.2) is 22.5 Å². The summed E-state index contributed by atoms with van der Waals surface area (Å²) < 4.78 is 10.7. The molecule has 0 spiro atoms. The van der Waals surface area contributed by atoms with Crippen LogP contribution in [-0.4, -0.2) is 22.7 Å². The molecule has 0 amide bonds. The predicted octanol–water partition coefficient (Wildman–Crippen LogP) is 3.28. The summed E-state index contributed by atoms with van der Waals surface area (Å²) in [7, 11) is 0. The van der Waals surface area contributed by atoms with Gasteiger partial charge < -0.3 is 9.47 Å². The van der Waals surface area contributed by atoms with Crippen molar-refractivity contribution in [2.24, 2.45) is 5.10 Å². The summed E-state index contributed by atoms with van der Waals surface area (Å²) in [6, 6.07) is 9.37. The number of anilines is 1. The number of hydrogen-bond donors (Lipinski definition) is 1. The molecule has 0 bridgehead atoms. The third-order valence-corrected chi connectivity index (χ3v) is 3.41. The lowest BCUT2D eigenvalue weighted by atomic mass is 10.1. The van der Waals surface area contributed by atoms with Crippen molar-refractivity contribution in [3.05, 3.63) is 41.0 Å². The Hall–Kier alpha value is -2.34. The Balaban J connectivity index is 1.54. The summed E-state index contributed by atoms with van der Waals surface area (Å²) in [5, 5.41) is 12.3. The highest BCUT2D eigenvalue weighted by Gasteiger charge is 2.12. The fourth-order valence-corrected chi connectivity index (χ4v) is 2.11. The van der Waals surface area contributed by atoms with E-state index < -0.39 is 0 Å². The van der Waals surface area contributed by atoms with Gasteiger partial charge in [-0.1, -0.05) is 17.7 Å². The molecule has 1 aliphatic rings. The van der Waals surface area contributed by atoms with Crippen molar-refractivity contribution in [1.82, 2.24) is 10.2 Å². The van der Waals surface area contributed by atoms with Gasteiger partial charge in [0.2, 0.25) is 6.79 Å². The van der Waals surface area contributed by atoms with E-state index in [1.165, 1.54) is 5.56 Å². The van der Waals surface area contributed by atoms with Crippen molar-refractivity contribution in [1.29, 1.82) is 0 Å². The van der Waals surface area contributed by atoms with Gasteiger partial charge >= 0.3 is 0 Å². The number of halogens is 1. The van der Waals surface area contributed by atoms with Gasteiger partial charge in [0, 0.05) is 5.71 Å². The van der Waals surface area contributed by atoms with Crippen LogP contribution in [-0.2, 0) is 6.42 Å². The normalized spacial score (nSPS) is 13.3. The first kappa shape index (κ1) is 14.6. The van der Waals surface area contributed by atoms with Crippen LogP contribution in [0.15, 0.2) is 35.4 Å². The van der Waals surface area contributed by atoms with Crippen LogP contribution in [0.2, 0.25) is 5.15 Å². The standard InChI is InChI=1S/C15H15ClN4O2/c1-10(17-19-15-7-6-14(16)18-20-15)2-3-11-4-5-12-13(8-11)22-9-21-12/h4-8H,2-3,9H2,1H3,(H,19,20). The molecule has 2 heterocycles. The predicted molar refractivity (Wildman–Crippen MR) is 84.7 cm³/mol. The minimum Gasteiger partial charge on any atom is -0.454 e. The van der Waals surface area contributed by atoms with Crippen LogP contribution in [0.25, 0.3) is 0 Å². The minimum absolute atomic E-state index is 0.297. The first-order valence-electron chi connectivity index (χ1n) is 6.87. The number of aryl methyl sites for hydroxylation is 1. The van der Waals surface area contributed by atoms with E-state index >= 15 is 0 Å². The molecule has 22 heavy (non-hydrogen) atoms. The molecule has 0 atom stereocenters. The second-order valence-corrected chi connectivity index (χ2v) is 5.28. The molecule has 7 heteroatoms. The van der Waals surface area contributed by atoms with Crippen molar-refractivity contribution in [2.45, 2.75) is 19.8 Å². The molecule has 1 N–H and O–H groups in total. The number of nitrogens with zero attached hydrogens (tertiary/aromatic N) is 3. The highest BCUT2D eigenvalue weighted by molar-refractivity contribution is 6.29. The number of fused-ring (bicyclic) bond motifs is 1. The second-order valence-electron chi connectivity index (χ2n) is 4.89. The van der Waals surface area contributed by atoms with Crippen molar-refractivity contribution in [2.75, 3.05) is 12.2 Å². The summed E-state index contributed by atoms with van der Waals surface area (Å²) in [5.74, 6) is 2.17. The SMILES string of the molecule is CC(CCc1ccc2c(c1)OCO2)=NNc1ccc(Cl)nn1. The third-order valence-electron chi connectivity index (χ3n) is 3.21. The number of nitrogens with one attached hydrogen (secondary N) is 1. The van der Waals surface area contributed by atoms with Gasteiger partial charge in [0.25, 0.3) is 0 Å². The maximum atomic E-state index is 5.68. The maximum absolute atomic E-state index is 5.68. The molecule has 1 aromatic carbocycles. The van der Waals surface area contributed by atoms with E-state index in [2.05, 4.69) is 20.7 Å². The molecule has 1 aliphatic heterocycles. The van der Waals surface area contributed by atoms with Crippen molar-refractivity contribution < 1.29 is 9.47 Å². The van der Waals surface area contributed by atoms with Crippen LogP contribution in [0.3, 0.4) is 0 Å². The Morgan fingerprint density at radius 2 is 2.09 bits per heavy atom. The average molecular weight is 319 g/mol. The summed E-state index contributed by atoms with van der Waals surface area (Å²) in [5.41, 5.74) is 5.01. The molecule has 0 saturated carbocycles. The van der Waals surface area contributed by atoms with Gasteiger partial charge in [0.1, 0.15) is 0 Å². The molecular weight excluding hydrogens is 304 g/mol. The van der Waals surface area contributed by atoms with Crippen LogP contribution >= 0.6 is 11.6 Å². The lowest BCUT2D eigenvalue weighted by Gasteiger charge is -2.04. The Kier molecular flexibility index (Phi) is 4.39. The zero-order valence-corrected chi connectivity index (χ0v) is 12.8. The first-order chi connectivity index (χ1) is 10.7.